The highest BCUT2D eigenvalue weighted by Crippen LogP contribution is 2.19. The number of carbonyl (C=O) groups is 1. The summed E-state index contributed by atoms with van der Waals surface area (Å²) < 4.78 is 27.2. The van der Waals surface area contributed by atoms with Crippen LogP contribution in [0.2, 0.25) is 0 Å². The Morgan fingerprint density at radius 3 is 2.14 bits per heavy atom. The first-order chi connectivity index (χ1) is 13.9. The third-order valence-corrected chi connectivity index (χ3v) is 7.84. The highest BCUT2D eigenvalue weighted by Gasteiger charge is 2.33. The topological polar surface area (TPSA) is 88.0 Å². The highest BCUT2D eigenvalue weighted by molar-refractivity contribution is 7.89. The molecule has 0 N–H and O–H groups in total. The number of hydrogen-bond acceptors (Lipinski definition) is 6. The van der Waals surface area contributed by atoms with Crippen LogP contribution in [0.15, 0.2) is 29.2 Å². The summed E-state index contributed by atoms with van der Waals surface area (Å²) >= 11 is 0. The van der Waals surface area contributed by atoms with Crippen LogP contribution in [0.3, 0.4) is 0 Å². The van der Waals surface area contributed by atoms with Gasteiger partial charge in [0, 0.05) is 52.4 Å². The van der Waals surface area contributed by atoms with Gasteiger partial charge < -0.3 is 9.80 Å². The second kappa shape index (κ2) is 9.22. The van der Waals surface area contributed by atoms with E-state index < -0.39 is 10.0 Å². The van der Waals surface area contributed by atoms with E-state index in [4.69, 9.17) is 5.26 Å². The largest absolute Gasteiger partial charge is 0.339 e. The molecule has 0 aliphatic carbocycles. The molecular weight excluding hydrogens is 390 g/mol. The van der Waals surface area contributed by atoms with Gasteiger partial charge in [0.25, 0.3) is 0 Å². The first-order valence-electron chi connectivity index (χ1n) is 10.1. The van der Waals surface area contributed by atoms with Gasteiger partial charge in [0.05, 0.1) is 22.6 Å². The van der Waals surface area contributed by atoms with E-state index in [-0.39, 0.29) is 16.8 Å². The van der Waals surface area contributed by atoms with Crippen LogP contribution in [0.1, 0.15) is 19.4 Å². The smallest absolute Gasteiger partial charge is 0.243 e. The number of carbonyl (C=O) groups excluding carboxylic acids is 1. The molecule has 1 aromatic rings. The minimum absolute atomic E-state index is 0.129. The van der Waals surface area contributed by atoms with Crippen molar-refractivity contribution in [3.8, 4) is 6.07 Å². The average Bonchev–Trinajstić information content (AvgIpc) is 2.78. The monoisotopic (exact) mass is 419 g/mol. The maximum Gasteiger partial charge on any atom is 0.243 e. The minimum Gasteiger partial charge on any atom is -0.339 e. The Labute approximate surface area is 173 Å². The molecule has 8 nitrogen and oxygen atoms in total. The Morgan fingerprint density at radius 1 is 1.03 bits per heavy atom. The third kappa shape index (κ3) is 4.78. The van der Waals surface area contributed by atoms with E-state index in [2.05, 4.69) is 16.7 Å². The standard InChI is InChI=1S/C20H29N5O3S/c1-3-22-8-10-24(11-9-22)20(26)17(2)23-12-14-25(15-13-23)29(27,28)19-6-4-18(16-21)5-7-19/h4-7,17H,3,8-15H2,1-2H3. The summed E-state index contributed by atoms with van der Waals surface area (Å²) in [5.74, 6) is 0.129. The SMILES string of the molecule is CCN1CCN(C(=O)C(C)N2CCN(S(=O)(=O)c3ccc(C#N)cc3)CC2)CC1. The fourth-order valence-corrected chi connectivity index (χ4v) is 5.31. The van der Waals surface area contributed by atoms with Gasteiger partial charge in [-0.15, -0.1) is 0 Å². The van der Waals surface area contributed by atoms with Crippen molar-refractivity contribution in [1.82, 2.24) is 19.0 Å². The lowest BCUT2D eigenvalue weighted by Gasteiger charge is -2.40. The number of nitrogens with zero attached hydrogens (tertiary/aromatic N) is 5. The van der Waals surface area contributed by atoms with Gasteiger partial charge in [-0.25, -0.2) is 8.42 Å². The summed E-state index contributed by atoms with van der Waals surface area (Å²) in [6.07, 6.45) is 0. The summed E-state index contributed by atoms with van der Waals surface area (Å²) in [5, 5.41) is 8.88. The van der Waals surface area contributed by atoms with Crippen molar-refractivity contribution in [2.75, 3.05) is 58.9 Å². The van der Waals surface area contributed by atoms with E-state index in [0.717, 1.165) is 32.7 Å². The van der Waals surface area contributed by atoms with Crippen LogP contribution in [0.25, 0.3) is 0 Å². The van der Waals surface area contributed by atoms with Crippen LogP contribution in [-0.4, -0.2) is 98.3 Å². The van der Waals surface area contributed by atoms with E-state index >= 15 is 0 Å². The summed E-state index contributed by atoms with van der Waals surface area (Å²) in [6.45, 7) is 10.1. The molecule has 3 rings (SSSR count). The van der Waals surface area contributed by atoms with Crippen molar-refractivity contribution >= 4 is 15.9 Å². The molecule has 29 heavy (non-hydrogen) atoms. The Balaban J connectivity index is 1.56. The average molecular weight is 420 g/mol. The summed E-state index contributed by atoms with van der Waals surface area (Å²) in [5.41, 5.74) is 0.431. The zero-order chi connectivity index (χ0) is 21.0. The van der Waals surface area contributed by atoms with Gasteiger partial charge in [0.15, 0.2) is 0 Å². The molecule has 2 fully saturated rings. The number of piperazine rings is 2. The first-order valence-corrected chi connectivity index (χ1v) is 11.6. The number of hydrogen-bond donors (Lipinski definition) is 0. The summed E-state index contributed by atoms with van der Waals surface area (Å²) in [4.78, 5) is 19.4. The Kier molecular flexibility index (Phi) is 6.90. The van der Waals surface area contributed by atoms with E-state index in [1.54, 1.807) is 0 Å². The van der Waals surface area contributed by atoms with Crippen molar-refractivity contribution in [3.63, 3.8) is 0 Å². The fourth-order valence-electron chi connectivity index (χ4n) is 3.89. The number of sulfonamides is 1. The number of rotatable bonds is 5. The van der Waals surface area contributed by atoms with Crippen LogP contribution in [0.4, 0.5) is 0 Å². The summed E-state index contributed by atoms with van der Waals surface area (Å²) in [6, 6.07) is 7.73. The molecule has 2 saturated heterocycles. The zero-order valence-corrected chi connectivity index (χ0v) is 17.9. The van der Waals surface area contributed by atoms with Crippen LogP contribution < -0.4 is 0 Å². The van der Waals surface area contributed by atoms with E-state index in [0.29, 0.717) is 31.7 Å². The lowest BCUT2D eigenvalue weighted by atomic mass is 10.2. The molecule has 2 heterocycles. The molecule has 0 radical (unpaired) electrons. The molecular formula is C20H29N5O3S. The molecule has 2 aliphatic heterocycles. The third-order valence-electron chi connectivity index (χ3n) is 5.93. The molecule has 0 saturated carbocycles. The number of nitriles is 1. The van der Waals surface area contributed by atoms with Gasteiger partial charge in [-0.3, -0.25) is 9.69 Å². The van der Waals surface area contributed by atoms with Crippen molar-refractivity contribution in [3.05, 3.63) is 29.8 Å². The Bertz CT molecular complexity index is 849. The molecule has 0 bridgehead atoms. The molecule has 2 aliphatic rings. The lowest BCUT2D eigenvalue weighted by molar-refractivity contribution is -0.138. The number of likely N-dealkylation sites (N-methyl/N-ethyl adjacent to an activating group) is 1. The van der Waals surface area contributed by atoms with Crippen LogP contribution in [0.5, 0.6) is 0 Å². The maximum absolute atomic E-state index is 12.9. The molecule has 9 heteroatoms. The second-order valence-corrected chi connectivity index (χ2v) is 9.45. The van der Waals surface area contributed by atoms with Crippen molar-refractivity contribution < 1.29 is 13.2 Å². The number of amides is 1. The zero-order valence-electron chi connectivity index (χ0n) is 17.1. The second-order valence-electron chi connectivity index (χ2n) is 7.51. The predicted molar refractivity (Wildman–Crippen MR) is 110 cm³/mol. The van der Waals surface area contributed by atoms with Crippen molar-refractivity contribution in [1.29, 1.82) is 5.26 Å². The van der Waals surface area contributed by atoms with Crippen molar-refractivity contribution in [2.45, 2.75) is 24.8 Å². The quantitative estimate of drug-likeness (QED) is 0.687. The fraction of sp³-hybridized carbons (Fsp3) is 0.600. The lowest BCUT2D eigenvalue weighted by Crippen LogP contribution is -2.57. The minimum atomic E-state index is -3.59. The van der Waals surface area contributed by atoms with Gasteiger partial charge in [0.2, 0.25) is 15.9 Å². The van der Waals surface area contributed by atoms with E-state index in [1.807, 2.05) is 17.9 Å². The molecule has 0 aromatic heterocycles. The van der Waals surface area contributed by atoms with Crippen molar-refractivity contribution in [2.24, 2.45) is 0 Å². The van der Waals surface area contributed by atoms with Gasteiger partial charge >= 0.3 is 0 Å². The highest BCUT2D eigenvalue weighted by atomic mass is 32.2. The normalized spacial score (nSPS) is 20.9. The molecule has 0 spiro atoms. The Hall–Kier alpha value is -1.99. The van der Waals surface area contributed by atoms with Gasteiger partial charge in [-0.1, -0.05) is 6.92 Å². The first kappa shape index (κ1) is 21.7. The molecule has 1 amide bonds. The molecule has 1 unspecified atom stereocenters. The predicted octanol–water partition coefficient (Wildman–Crippen LogP) is 0.417. The van der Waals surface area contributed by atoms with E-state index in [9.17, 15) is 13.2 Å². The maximum atomic E-state index is 12.9. The van der Waals surface area contributed by atoms with Crippen LogP contribution in [0, 0.1) is 11.3 Å². The van der Waals surface area contributed by atoms with E-state index in [1.165, 1.54) is 28.6 Å². The van der Waals surface area contributed by atoms with Crippen LogP contribution in [-0.2, 0) is 14.8 Å². The number of benzene rings is 1. The van der Waals surface area contributed by atoms with Gasteiger partial charge in [0.1, 0.15) is 0 Å². The van der Waals surface area contributed by atoms with Gasteiger partial charge in [-0.05, 0) is 37.7 Å². The van der Waals surface area contributed by atoms with Gasteiger partial charge in [-0.2, -0.15) is 9.57 Å². The molecule has 1 aromatic carbocycles. The molecule has 1 atom stereocenters. The molecule has 158 valence electrons. The van der Waals surface area contributed by atoms with Crippen LogP contribution >= 0.6 is 0 Å². The Morgan fingerprint density at radius 2 is 1.62 bits per heavy atom. The summed E-state index contributed by atoms with van der Waals surface area (Å²) in [7, 11) is -3.59.